The quantitative estimate of drug-likeness (QED) is 0.842. The zero-order valence-electron chi connectivity index (χ0n) is 9.35. The second-order valence-electron chi connectivity index (χ2n) is 3.92. The first-order valence-electron chi connectivity index (χ1n) is 5.50. The Bertz CT molecular complexity index is 462. The fourth-order valence-corrected chi connectivity index (χ4v) is 2.21. The van der Waals surface area contributed by atoms with Crippen LogP contribution in [0.1, 0.15) is 38.4 Å². The number of aromatic nitrogens is 2. The van der Waals surface area contributed by atoms with E-state index in [1.54, 1.807) is 0 Å². The molecule has 0 fully saturated rings. The molecule has 0 amide bonds. The molecule has 0 radical (unpaired) electrons. The molecule has 2 rings (SSSR count). The first-order chi connectivity index (χ1) is 7.65. The molecule has 0 atom stereocenters. The Morgan fingerprint density at radius 2 is 1.81 bits per heavy atom. The summed E-state index contributed by atoms with van der Waals surface area (Å²) in [6.45, 7) is 4.34. The fourth-order valence-electron chi connectivity index (χ4n) is 1.89. The van der Waals surface area contributed by atoms with E-state index in [4.69, 9.17) is 23.2 Å². The predicted molar refractivity (Wildman–Crippen MR) is 69.4 cm³/mol. The van der Waals surface area contributed by atoms with E-state index in [-0.39, 0.29) is 0 Å². The maximum absolute atomic E-state index is 5.96. The van der Waals surface area contributed by atoms with Crippen LogP contribution in [-0.2, 0) is 0 Å². The molecule has 16 heavy (non-hydrogen) atoms. The van der Waals surface area contributed by atoms with Crippen molar-refractivity contribution in [2.45, 2.75) is 32.6 Å². The first kappa shape index (κ1) is 11.7. The summed E-state index contributed by atoms with van der Waals surface area (Å²) >= 11 is 11.9. The number of aromatic amines is 1. The number of hydrogen-bond acceptors (Lipinski definition) is 1. The predicted octanol–water partition coefficient (Wildman–Crippen LogP) is 4.77. The van der Waals surface area contributed by atoms with Crippen LogP contribution in [-0.4, -0.2) is 9.97 Å². The third-order valence-electron chi connectivity index (χ3n) is 2.91. The number of halogens is 2. The number of rotatable bonds is 3. The van der Waals surface area contributed by atoms with Gasteiger partial charge in [-0.3, -0.25) is 0 Å². The maximum Gasteiger partial charge on any atom is 0.110 e. The smallest absolute Gasteiger partial charge is 0.110 e. The minimum absolute atomic E-state index is 0.477. The minimum Gasteiger partial charge on any atom is -0.342 e. The third-order valence-corrected chi connectivity index (χ3v) is 3.64. The summed E-state index contributed by atoms with van der Waals surface area (Å²) in [5.41, 5.74) is 1.84. The molecular formula is C12H14Cl2N2. The van der Waals surface area contributed by atoms with Crippen LogP contribution in [0, 0.1) is 0 Å². The van der Waals surface area contributed by atoms with Gasteiger partial charge in [-0.05, 0) is 25.0 Å². The molecule has 86 valence electrons. The summed E-state index contributed by atoms with van der Waals surface area (Å²) in [6, 6.07) is 3.64. The van der Waals surface area contributed by atoms with E-state index < -0.39 is 0 Å². The highest BCUT2D eigenvalue weighted by Gasteiger charge is 2.12. The SMILES string of the molecule is CCC(CC)c1nc2cc(Cl)c(Cl)cc2[nH]1. The van der Waals surface area contributed by atoms with E-state index in [9.17, 15) is 0 Å². The molecule has 0 spiro atoms. The number of fused-ring (bicyclic) bond motifs is 1. The molecular weight excluding hydrogens is 243 g/mol. The van der Waals surface area contributed by atoms with Gasteiger partial charge in [-0.25, -0.2) is 4.98 Å². The molecule has 4 heteroatoms. The van der Waals surface area contributed by atoms with E-state index in [1.165, 1.54) is 0 Å². The van der Waals surface area contributed by atoms with Gasteiger partial charge >= 0.3 is 0 Å². The van der Waals surface area contributed by atoms with Crippen LogP contribution in [0.15, 0.2) is 12.1 Å². The molecule has 1 aromatic carbocycles. The van der Waals surface area contributed by atoms with Gasteiger partial charge in [0.15, 0.2) is 0 Å². The second-order valence-corrected chi connectivity index (χ2v) is 4.73. The Kier molecular flexibility index (Phi) is 3.41. The summed E-state index contributed by atoms with van der Waals surface area (Å²) in [5.74, 6) is 1.50. The van der Waals surface area contributed by atoms with Crippen molar-refractivity contribution in [1.82, 2.24) is 9.97 Å². The lowest BCUT2D eigenvalue weighted by molar-refractivity contribution is 0.611. The van der Waals surface area contributed by atoms with Crippen LogP contribution in [0.2, 0.25) is 10.0 Å². The molecule has 1 aromatic heterocycles. The van der Waals surface area contributed by atoms with Crippen molar-refractivity contribution in [2.24, 2.45) is 0 Å². The summed E-state index contributed by atoms with van der Waals surface area (Å²) in [7, 11) is 0. The maximum atomic E-state index is 5.96. The number of nitrogens with one attached hydrogen (secondary N) is 1. The van der Waals surface area contributed by atoms with Crippen LogP contribution >= 0.6 is 23.2 Å². The van der Waals surface area contributed by atoms with Crippen LogP contribution in [0.25, 0.3) is 11.0 Å². The number of hydrogen-bond donors (Lipinski definition) is 1. The molecule has 2 nitrogen and oxygen atoms in total. The van der Waals surface area contributed by atoms with Gasteiger partial charge in [0.1, 0.15) is 5.82 Å². The molecule has 0 saturated carbocycles. The molecule has 0 aliphatic rings. The van der Waals surface area contributed by atoms with Crippen LogP contribution in [0.4, 0.5) is 0 Å². The van der Waals surface area contributed by atoms with Gasteiger partial charge in [0.2, 0.25) is 0 Å². The Balaban J connectivity index is 2.51. The average molecular weight is 257 g/mol. The summed E-state index contributed by atoms with van der Waals surface area (Å²) < 4.78 is 0. The van der Waals surface area contributed by atoms with E-state index in [1.807, 2.05) is 12.1 Å². The first-order valence-corrected chi connectivity index (χ1v) is 6.26. The van der Waals surface area contributed by atoms with E-state index in [2.05, 4.69) is 23.8 Å². The van der Waals surface area contributed by atoms with Crippen LogP contribution in [0.5, 0.6) is 0 Å². The largest absolute Gasteiger partial charge is 0.342 e. The summed E-state index contributed by atoms with van der Waals surface area (Å²) in [6.07, 6.45) is 2.16. The van der Waals surface area contributed by atoms with Crippen LogP contribution in [0.3, 0.4) is 0 Å². The molecule has 0 saturated heterocycles. The minimum atomic E-state index is 0.477. The Morgan fingerprint density at radius 1 is 1.19 bits per heavy atom. The molecule has 1 heterocycles. The molecule has 0 aliphatic carbocycles. The average Bonchev–Trinajstić information content (AvgIpc) is 2.63. The van der Waals surface area contributed by atoms with E-state index >= 15 is 0 Å². The number of H-pyrrole nitrogens is 1. The summed E-state index contributed by atoms with van der Waals surface area (Å²) in [5, 5.41) is 1.12. The van der Waals surface area contributed by atoms with Crippen molar-refractivity contribution in [3.8, 4) is 0 Å². The molecule has 2 aromatic rings. The summed E-state index contributed by atoms with van der Waals surface area (Å²) in [4.78, 5) is 7.87. The van der Waals surface area contributed by atoms with Crippen molar-refractivity contribution in [3.05, 3.63) is 28.0 Å². The van der Waals surface area contributed by atoms with Gasteiger partial charge in [-0.2, -0.15) is 0 Å². The van der Waals surface area contributed by atoms with E-state index in [0.29, 0.717) is 16.0 Å². The lowest BCUT2D eigenvalue weighted by Gasteiger charge is -2.07. The van der Waals surface area contributed by atoms with Crippen molar-refractivity contribution in [1.29, 1.82) is 0 Å². The molecule has 1 N–H and O–H groups in total. The molecule has 0 bridgehead atoms. The monoisotopic (exact) mass is 256 g/mol. The normalized spacial score (nSPS) is 11.6. The number of imidazole rings is 1. The van der Waals surface area contributed by atoms with Gasteiger partial charge in [-0.15, -0.1) is 0 Å². The van der Waals surface area contributed by atoms with Gasteiger partial charge in [0.25, 0.3) is 0 Å². The number of nitrogens with zero attached hydrogens (tertiary/aromatic N) is 1. The standard InChI is InChI=1S/C12H14Cl2N2/c1-3-7(4-2)12-15-10-5-8(13)9(14)6-11(10)16-12/h5-7H,3-4H2,1-2H3,(H,15,16). The van der Waals surface area contributed by atoms with Gasteiger partial charge in [-0.1, -0.05) is 37.0 Å². The van der Waals surface area contributed by atoms with Crippen LogP contribution < -0.4 is 0 Å². The Morgan fingerprint density at radius 3 is 2.44 bits per heavy atom. The zero-order chi connectivity index (χ0) is 11.7. The van der Waals surface area contributed by atoms with Crippen molar-refractivity contribution in [3.63, 3.8) is 0 Å². The number of benzene rings is 1. The highest BCUT2D eigenvalue weighted by atomic mass is 35.5. The van der Waals surface area contributed by atoms with Gasteiger partial charge in [0, 0.05) is 5.92 Å². The lowest BCUT2D eigenvalue weighted by atomic mass is 10.0. The van der Waals surface area contributed by atoms with E-state index in [0.717, 1.165) is 29.7 Å². The van der Waals surface area contributed by atoms with Crippen molar-refractivity contribution in [2.75, 3.05) is 0 Å². The Hall–Kier alpha value is -0.730. The highest BCUT2D eigenvalue weighted by Crippen LogP contribution is 2.29. The van der Waals surface area contributed by atoms with Crippen molar-refractivity contribution < 1.29 is 0 Å². The topological polar surface area (TPSA) is 28.7 Å². The molecule has 0 aliphatic heterocycles. The molecule has 0 unspecified atom stereocenters. The Labute approximate surface area is 105 Å². The van der Waals surface area contributed by atoms with Gasteiger partial charge in [0.05, 0.1) is 21.1 Å². The van der Waals surface area contributed by atoms with Crippen molar-refractivity contribution >= 4 is 34.2 Å². The second kappa shape index (κ2) is 4.64. The third kappa shape index (κ3) is 2.04. The lowest BCUT2D eigenvalue weighted by Crippen LogP contribution is -1.97. The van der Waals surface area contributed by atoms with Gasteiger partial charge < -0.3 is 4.98 Å². The fraction of sp³-hybridized carbons (Fsp3) is 0.417. The highest BCUT2D eigenvalue weighted by molar-refractivity contribution is 6.42. The zero-order valence-corrected chi connectivity index (χ0v) is 10.9.